The van der Waals surface area contributed by atoms with Gasteiger partial charge >= 0.3 is 0 Å². The van der Waals surface area contributed by atoms with E-state index in [-0.39, 0.29) is 41.2 Å². The lowest BCUT2D eigenvalue weighted by molar-refractivity contribution is -0.385. The lowest BCUT2D eigenvalue weighted by Gasteiger charge is -2.43. The summed E-state index contributed by atoms with van der Waals surface area (Å²) in [6.07, 6.45) is 6.90. The average Bonchev–Trinajstić information content (AvgIpc) is 2.72. The third kappa shape index (κ3) is 4.97. The number of benzene rings is 1. The molecule has 1 amide bonds. The Hall–Kier alpha value is -2.39. The van der Waals surface area contributed by atoms with Crippen molar-refractivity contribution in [1.29, 1.82) is 0 Å². The van der Waals surface area contributed by atoms with E-state index in [4.69, 9.17) is 18.9 Å². The van der Waals surface area contributed by atoms with E-state index in [0.29, 0.717) is 13.0 Å². The molecule has 1 aliphatic carbocycles. The predicted octanol–water partition coefficient (Wildman–Crippen LogP) is 3.20. The lowest BCUT2D eigenvalue weighted by atomic mass is 9.78. The molecule has 160 valence electrons. The molecule has 2 aliphatic rings. The summed E-state index contributed by atoms with van der Waals surface area (Å²) in [6, 6.07) is 2.46. The summed E-state index contributed by atoms with van der Waals surface area (Å²) in [6.45, 7) is 0.489. The molecule has 29 heavy (non-hydrogen) atoms. The van der Waals surface area contributed by atoms with Gasteiger partial charge in [-0.3, -0.25) is 14.9 Å². The fourth-order valence-electron chi connectivity index (χ4n) is 4.24. The van der Waals surface area contributed by atoms with Gasteiger partial charge in [-0.1, -0.05) is 19.3 Å². The van der Waals surface area contributed by atoms with Gasteiger partial charge in [-0.25, -0.2) is 0 Å². The van der Waals surface area contributed by atoms with E-state index in [1.54, 1.807) is 0 Å². The molecule has 1 saturated carbocycles. The van der Waals surface area contributed by atoms with E-state index in [0.717, 1.165) is 32.1 Å². The van der Waals surface area contributed by atoms with E-state index in [2.05, 4.69) is 5.32 Å². The van der Waals surface area contributed by atoms with E-state index in [9.17, 15) is 14.9 Å². The number of carbonyl (C=O) groups is 1. The van der Waals surface area contributed by atoms with Crippen molar-refractivity contribution < 1.29 is 28.7 Å². The summed E-state index contributed by atoms with van der Waals surface area (Å²) in [7, 11) is 2.85. The number of methoxy groups -OCH3 is 2. The zero-order valence-electron chi connectivity index (χ0n) is 16.9. The molecule has 0 bridgehead atoms. The van der Waals surface area contributed by atoms with Crippen LogP contribution in [0.15, 0.2) is 12.1 Å². The maximum atomic E-state index is 12.9. The third-order valence-corrected chi connectivity index (χ3v) is 5.65. The van der Waals surface area contributed by atoms with Gasteiger partial charge in [-0.15, -0.1) is 0 Å². The van der Waals surface area contributed by atoms with Crippen LogP contribution in [0.2, 0.25) is 0 Å². The molecule has 1 heterocycles. The summed E-state index contributed by atoms with van der Waals surface area (Å²) in [5, 5.41) is 14.5. The monoisotopic (exact) mass is 408 g/mol. The number of rotatable bonds is 7. The van der Waals surface area contributed by atoms with E-state index in [1.807, 2.05) is 0 Å². The van der Waals surface area contributed by atoms with Crippen molar-refractivity contribution in [3.05, 3.63) is 27.8 Å². The molecular weight excluding hydrogens is 380 g/mol. The largest absolute Gasteiger partial charge is 0.493 e. The summed E-state index contributed by atoms with van der Waals surface area (Å²) >= 11 is 0. The van der Waals surface area contributed by atoms with Crippen molar-refractivity contribution in [2.45, 2.75) is 56.6 Å². The van der Waals surface area contributed by atoms with Crippen LogP contribution in [0.4, 0.5) is 5.69 Å². The van der Waals surface area contributed by atoms with E-state index >= 15 is 0 Å². The Balaban J connectivity index is 1.79. The number of nitrogens with one attached hydrogen (secondary N) is 1. The Morgan fingerprint density at radius 1 is 1.28 bits per heavy atom. The molecule has 9 heteroatoms. The number of nitrogens with zero attached hydrogens (tertiary/aromatic N) is 1. The molecule has 1 aliphatic heterocycles. The van der Waals surface area contributed by atoms with Crippen molar-refractivity contribution in [3.63, 3.8) is 0 Å². The molecule has 1 aromatic carbocycles. The van der Waals surface area contributed by atoms with Crippen molar-refractivity contribution >= 4 is 11.6 Å². The van der Waals surface area contributed by atoms with E-state index < -0.39 is 10.8 Å². The summed E-state index contributed by atoms with van der Waals surface area (Å²) in [5.74, 6) is -0.121. The fourth-order valence-corrected chi connectivity index (χ4v) is 4.24. The van der Waals surface area contributed by atoms with Crippen molar-refractivity contribution in [3.8, 4) is 11.5 Å². The average molecular weight is 408 g/mol. The Morgan fingerprint density at radius 2 is 2.03 bits per heavy atom. The molecule has 1 spiro atoms. The molecule has 9 nitrogen and oxygen atoms in total. The molecule has 0 aromatic heterocycles. The summed E-state index contributed by atoms with van der Waals surface area (Å²) < 4.78 is 21.5. The second-order valence-corrected chi connectivity index (χ2v) is 7.58. The number of hydrogen-bond acceptors (Lipinski definition) is 7. The summed E-state index contributed by atoms with van der Waals surface area (Å²) in [4.78, 5) is 23.9. The first kappa shape index (κ1) is 21.3. The molecule has 1 atom stereocenters. The van der Waals surface area contributed by atoms with Crippen LogP contribution in [-0.4, -0.2) is 50.1 Å². The van der Waals surface area contributed by atoms with Gasteiger partial charge in [0.15, 0.2) is 18.3 Å². The Labute approximate surface area is 169 Å². The highest BCUT2D eigenvalue weighted by Crippen LogP contribution is 2.39. The first-order chi connectivity index (χ1) is 14.0. The molecular formula is C20H28N2O7. The van der Waals surface area contributed by atoms with Crippen molar-refractivity contribution in [1.82, 2.24) is 5.32 Å². The second-order valence-electron chi connectivity index (χ2n) is 7.58. The normalized spacial score (nSPS) is 20.8. The topological polar surface area (TPSA) is 109 Å². The van der Waals surface area contributed by atoms with Gasteiger partial charge in [-0.2, -0.15) is 0 Å². The molecule has 2 fully saturated rings. The van der Waals surface area contributed by atoms with Crippen LogP contribution >= 0.6 is 0 Å². The first-order valence-electron chi connectivity index (χ1n) is 9.91. The maximum absolute atomic E-state index is 12.9. The predicted molar refractivity (Wildman–Crippen MR) is 104 cm³/mol. The van der Waals surface area contributed by atoms with Crippen LogP contribution in [0.5, 0.6) is 11.5 Å². The lowest BCUT2D eigenvalue weighted by Crippen LogP contribution is -2.49. The van der Waals surface area contributed by atoms with Crippen LogP contribution in [0.3, 0.4) is 0 Å². The highest BCUT2D eigenvalue weighted by molar-refractivity contribution is 5.99. The molecule has 0 radical (unpaired) electrons. The Morgan fingerprint density at radius 3 is 2.69 bits per heavy atom. The molecule has 1 saturated heterocycles. The van der Waals surface area contributed by atoms with E-state index in [1.165, 1.54) is 32.8 Å². The highest BCUT2D eigenvalue weighted by atomic mass is 16.7. The van der Waals surface area contributed by atoms with Crippen LogP contribution in [0.1, 0.15) is 55.3 Å². The highest BCUT2D eigenvalue weighted by Gasteiger charge is 2.39. The minimum Gasteiger partial charge on any atom is -0.493 e. The first-order valence-corrected chi connectivity index (χ1v) is 9.91. The van der Waals surface area contributed by atoms with Crippen molar-refractivity contribution in [2.24, 2.45) is 0 Å². The minimum atomic E-state index is -0.597. The number of carbonyl (C=O) groups excluding carboxylic acids is 1. The quantitative estimate of drug-likeness (QED) is 0.419. The van der Waals surface area contributed by atoms with Crippen LogP contribution < -0.4 is 14.8 Å². The Kier molecular flexibility index (Phi) is 6.92. The minimum absolute atomic E-state index is 0.0548. The zero-order chi connectivity index (χ0) is 20.9. The third-order valence-electron chi connectivity index (χ3n) is 5.65. The molecule has 0 unspecified atom stereocenters. The van der Waals surface area contributed by atoms with Gasteiger partial charge in [0, 0.05) is 25.8 Å². The SMILES string of the molecule is COCOc1cc([N+](=O)[O-])c(C(=O)N[C@@H]2CCOC3(CCCCC3)C2)cc1OC. The zero-order valence-corrected chi connectivity index (χ0v) is 16.9. The number of amides is 1. The van der Waals surface area contributed by atoms with Crippen LogP contribution in [0, 0.1) is 10.1 Å². The van der Waals surface area contributed by atoms with Gasteiger partial charge in [0.25, 0.3) is 11.6 Å². The molecule has 1 aromatic rings. The smallest absolute Gasteiger partial charge is 0.286 e. The van der Waals surface area contributed by atoms with Crippen LogP contribution in [0.25, 0.3) is 0 Å². The maximum Gasteiger partial charge on any atom is 0.286 e. The Bertz CT molecular complexity index is 741. The fraction of sp³-hybridized carbons (Fsp3) is 0.650. The number of nitro benzene ring substituents is 1. The number of ether oxygens (including phenoxy) is 4. The van der Waals surface area contributed by atoms with Gasteiger partial charge in [0.1, 0.15) is 5.56 Å². The van der Waals surface area contributed by atoms with Gasteiger partial charge in [-0.05, 0) is 25.7 Å². The van der Waals surface area contributed by atoms with Crippen molar-refractivity contribution in [2.75, 3.05) is 27.6 Å². The van der Waals surface area contributed by atoms with Gasteiger partial charge in [0.05, 0.1) is 23.7 Å². The number of nitro groups is 1. The standard InChI is InChI=1S/C20H28N2O7/c1-26-13-28-18-11-16(22(24)25)15(10-17(18)27-2)19(23)21-14-6-9-29-20(12-14)7-4-3-5-8-20/h10-11,14H,3-9,12-13H2,1-2H3,(H,21,23)/t14-/m1/s1. The van der Waals surface area contributed by atoms with Gasteiger partial charge in [0.2, 0.25) is 0 Å². The summed E-state index contributed by atoms with van der Waals surface area (Å²) in [5.41, 5.74) is -0.565. The molecule has 1 N–H and O–H groups in total. The molecule has 3 rings (SSSR count). The number of hydrogen-bond donors (Lipinski definition) is 1. The van der Waals surface area contributed by atoms with Gasteiger partial charge < -0.3 is 24.3 Å². The second kappa shape index (κ2) is 9.41. The van der Waals surface area contributed by atoms with Crippen LogP contribution in [-0.2, 0) is 9.47 Å².